The van der Waals surface area contributed by atoms with E-state index in [1.165, 1.54) is 32.2 Å². The molecule has 0 spiro atoms. The monoisotopic (exact) mass is 318 g/mol. The van der Waals surface area contributed by atoms with Gasteiger partial charge in [0.25, 0.3) is 5.91 Å². The van der Waals surface area contributed by atoms with Gasteiger partial charge in [0.05, 0.1) is 18.3 Å². The van der Waals surface area contributed by atoms with Crippen molar-refractivity contribution in [1.82, 2.24) is 10.3 Å². The first-order valence-electron chi connectivity index (χ1n) is 7.16. The fourth-order valence-electron chi connectivity index (χ4n) is 2.26. The smallest absolute Gasteiger partial charge is 0.257 e. The Balaban J connectivity index is 2.28. The Kier molecular flexibility index (Phi) is 5.41. The molecule has 2 rings (SSSR count). The molecule has 2 atom stereocenters. The molecule has 1 heterocycles. The zero-order chi connectivity index (χ0) is 16.9. The average Bonchev–Trinajstić information content (AvgIpc) is 2.59. The highest BCUT2D eigenvalue weighted by molar-refractivity contribution is 5.86. The summed E-state index contributed by atoms with van der Waals surface area (Å²) < 4.78 is 19.3. The van der Waals surface area contributed by atoms with Gasteiger partial charge in [0.2, 0.25) is 0 Å². The molecule has 5 nitrogen and oxygen atoms in total. The quantitative estimate of drug-likeness (QED) is 0.854. The highest BCUT2D eigenvalue weighted by Gasteiger charge is 2.38. The zero-order valence-electron chi connectivity index (χ0n) is 13.0. The van der Waals surface area contributed by atoms with Crippen LogP contribution in [-0.4, -0.2) is 29.7 Å². The van der Waals surface area contributed by atoms with Crippen molar-refractivity contribution in [2.24, 2.45) is 0 Å². The molecule has 2 N–H and O–H groups in total. The summed E-state index contributed by atoms with van der Waals surface area (Å²) in [5.41, 5.74) is -0.888. The largest absolute Gasteiger partial charge is 0.394 e. The normalized spacial score (nSPS) is 14.8. The molecule has 122 valence electrons. The molecule has 0 radical (unpaired) electrons. The zero-order valence-corrected chi connectivity index (χ0v) is 13.0. The maximum Gasteiger partial charge on any atom is 0.257 e. The van der Waals surface area contributed by atoms with E-state index in [-0.39, 0.29) is 12.2 Å². The first kappa shape index (κ1) is 17.1. The molecule has 0 fully saturated rings. The number of halogens is 1. The molecule has 23 heavy (non-hydrogen) atoms. The summed E-state index contributed by atoms with van der Waals surface area (Å²) in [7, 11) is 1.33. The number of carbonyl (C=O) groups excluding carboxylic acids is 1. The maximum absolute atomic E-state index is 14.1. The third-order valence-corrected chi connectivity index (χ3v) is 3.76. The second-order valence-corrected chi connectivity index (χ2v) is 5.18. The van der Waals surface area contributed by atoms with E-state index in [9.17, 15) is 14.3 Å². The van der Waals surface area contributed by atoms with Crippen LogP contribution in [0, 0.1) is 5.82 Å². The Morgan fingerprint density at radius 2 is 2.04 bits per heavy atom. The maximum atomic E-state index is 14.1. The molecular weight excluding hydrogens is 299 g/mol. The van der Waals surface area contributed by atoms with Gasteiger partial charge in [0, 0.05) is 18.9 Å². The van der Waals surface area contributed by atoms with Crippen LogP contribution in [0.25, 0.3) is 0 Å². The van der Waals surface area contributed by atoms with Crippen LogP contribution in [0.5, 0.6) is 0 Å². The Hall–Kier alpha value is -2.31. The lowest BCUT2D eigenvalue weighted by atomic mass is 9.93. The number of carbonyl (C=O) groups is 1. The molecular formula is C17H19FN2O3. The van der Waals surface area contributed by atoms with Gasteiger partial charge in [-0.1, -0.05) is 24.3 Å². The van der Waals surface area contributed by atoms with Gasteiger partial charge < -0.3 is 15.2 Å². The highest BCUT2D eigenvalue weighted by atomic mass is 19.1. The van der Waals surface area contributed by atoms with Crippen molar-refractivity contribution in [3.8, 4) is 0 Å². The number of ether oxygens (including phenoxy) is 1. The lowest BCUT2D eigenvalue weighted by Crippen LogP contribution is -2.46. The van der Waals surface area contributed by atoms with Crippen molar-refractivity contribution < 1.29 is 19.0 Å². The minimum atomic E-state index is -1.52. The van der Waals surface area contributed by atoms with Gasteiger partial charge in [-0.05, 0) is 25.1 Å². The van der Waals surface area contributed by atoms with Crippen LogP contribution in [-0.2, 0) is 15.1 Å². The third kappa shape index (κ3) is 3.55. The van der Waals surface area contributed by atoms with Crippen LogP contribution in [0.3, 0.4) is 0 Å². The van der Waals surface area contributed by atoms with E-state index < -0.39 is 23.4 Å². The summed E-state index contributed by atoms with van der Waals surface area (Å²) in [5, 5.41) is 12.2. The average molecular weight is 318 g/mol. The molecule has 1 aromatic heterocycles. The first-order chi connectivity index (χ1) is 11.0. The Morgan fingerprint density at radius 1 is 1.35 bits per heavy atom. The summed E-state index contributed by atoms with van der Waals surface area (Å²) in [6, 6.07) is 10.4. The molecule has 2 aromatic rings. The Labute approximate surface area is 134 Å². The second-order valence-electron chi connectivity index (χ2n) is 5.18. The summed E-state index contributed by atoms with van der Waals surface area (Å²) in [4.78, 5) is 16.8. The molecule has 0 saturated heterocycles. The van der Waals surface area contributed by atoms with Gasteiger partial charge >= 0.3 is 0 Å². The van der Waals surface area contributed by atoms with Crippen LogP contribution >= 0.6 is 0 Å². The highest BCUT2D eigenvalue weighted by Crippen LogP contribution is 2.28. The molecule has 6 heteroatoms. The number of aliphatic hydroxyl groups is 1. The summed E-state index contributed by atoms with van der Waals surface area (Å²) >= 11 is 0. The number of nitrogens with one attached hydrogen (secondary N) is 1. The molecule has 0 aliphatic heterocycles. The van der Waals surface area contributed by atoms with Gasteiger partial charge in [0.15, 0.2) is 5.60 Å². The van der Waals surface area contributed by atoms with Crippen LogP contribution in [0.2, 0.25) is 0 Å². The minimum absolute atomic E-state index is 0.123. The summed E-state index contributed by atoms with van der Waals surface area (Å²) in [6.45, 7) is 1.15. The number of pyridine rings is 1. The van der Waals surface area contributed by atoms with E-state index in [1.807, 2.05) is 0 Å². The SMILES string of the molecule is COC(C)(C(=O)NC(CO)c1ccccn1)c1ccccc1F. The predicted octanol–water partition coefficient (Wildman–Crippen LogP) is 1.93. The molecule has 2 unspecified atom stereocenters. The van der Waals surface area contributed by atoms with Gasteiger partial charge in [0.1, 0.15) is 5.82 Å². The summed E-state index contributed by atoms with van der Waals surface area (Å²) in [5.74, 6) is -1.10. The third-order valence-electron chi connectivity index (χ3n) is 3.76. The molecule has 0 saturated carbocycles. The minimum Gasteiger partial charge on any atom is -0.394 e. The molecule has 0 aliphatic rings. The number of benzene rings is 1. The molecule has 0 bridgehead atoms. The Bertz CT molecular complexity index is 666. The fourth-order valence-corrected chi connectivity index (χ4v) is 2.26. The number of hydrogen-bond acceptors (Lipinski definition) is 4. The number of aromatic nitrogens is 1. The van der Waals surface area contributed by atoms with Crippen molar-refractivity contribution >= 4 is 5.91 Å². The van der Waals surface area contributed by atoms with Gasteiger partial charge in [-0.15, -0.1) is 0 Å². The van der Waals surface area contributed by atoms with Gasteiger partial charge in [-0.3, -0.25) is 9.78 Å². The van der Waals surface area contributed by atoms with E-state index in [0.717, 1.165) is 0 Å². The van der Waals surface area contributed by atoms with Crippen molar-refractivity contribution in [1.29, 1.82) is 0 Å². The number of amides is 1. The first-order valence-corrected chi connectivity index (χ1v) is 7.16. The fraction of sp³-hybridized carbons (Fsp3) is 0.294. The lowest BCUT2D eigenvalue weighted by molar-refractivity contribution is -0.144. The molecule has 1 aromatic carbocycles. The van der Waals surface area contributed by atoms with E-state index in [0.29, 0.717) is 5.69 Å². The second kappa shape index (κ2) is 7.30. The van der Waals surface area contributed by atoms with Gasteiger partial charge in [-0.25, -0.2) is 4.39 Å². The lowest BCUT2D eigenvalue weighted by Gasteiger charge is -2.29. The van der Waals surface area contributed by atoms with Crippen molar-refractivity contribution in [2.45, 2.75) is 18.6 Å². The van der Waals surface area contributed by atoms with Crippen LogP contribution in [0.15, 0.2) is 48.7 Å². The number of rotatable bonds is 6. The summed E-state index contributed by atoms with van der Waals surface area (Å²) in [6.07, 6.45) is 1.57. The Morgan fingerprint density at radius 3 is 2.61 bits per heavy atom. The number of methoxy groups -OCH3 is 1. The predicted molar refractivity (Wildman–Crippen MR) is 83.0 cm³/mol. The van der Waals surface area contributed by atoms with Crippen LogP contribution in [0.4, 0.5) is 4.39 Å². The van der Waals surface area contributed by atoms with Crippen LogP contribution < -0.4 is 5.32 Å². The standard InChI is InChI=1S/C17H19FN2O3/c1-17(23-2,12-7-3-4-8-13(12)18)16(22)20-15(11-21)14-9-5-6-10-19-14/h3-10,15,21H,11H2,1-2H3,(H,20,22). The van der Waals surface area contributed by atoms with Crippen molar-refractivity contribution in [3.63, 3.8) is 0 Å². The van der Waals surface area contributed by atoms with E-state index in [4.69, 9.17) is 4.74 Å². The van der Waals surface area contributed by atoms with E-state index in [2.05, 4.69) is 10.3 Å². The molecule has 1 amide bonds. The number of aliphatic hydroxyl groups excluding tert-OH is 1. The number of hydrogen-bond donors (Lipinski definition) is 2. The van der Waals surface area contributed by atoms with Crippen molar-refractivity contribution in [2.75, 3.05) is 13.7 Å². The van der Waals surface area contributed by atoms with Gasteiger partial charge in [-0.2, -0.15) is 0 Å². The van der Waals surface area contributed by atoms with E-state index in [1.54, 1.807) is 30.5 Å². The van der Waals surface area contributed by atoms with E-state index >= 15 is 0 Å². The van der Waals surface area contributed by atoms with Crippen LogP contribution in [0.1, 0.15) is 24.2 Å². The topological polar surface area (TPSA) is 71.5 Å². The molecule has 0 aliphatic carbocycles. The number of nitrogens with zero attached hydrogens (tertiary/aromatic N) is 1. The van der Waals surface area contributed by atoms with Crippen molar-refractivity contribution in [3.05, 3.63) is 65.7 Å².